The molecule has 0 spiro atoms. The van der Waals surface area contributed by atoms with Crippen LogP contribution in [0.2, 0.25) is 0 Å². The van der Waals surface area contributed by atoms with Gasteiger partial charge in [0.2, 0.25) is 0 Å². The summed E-state index contributed by atoms with van der Waals surface area (Å²) in [5.41, 5.74) is 1.89. The summed E-state index contributed by atoms with van der Waals surface area (Å²) in [6.07, 6.45) is 0. The molecule has 3 rings (SSSR count). The van der Waals surface area contributed by atoms with Crippen LogP contribution in [0.1, 0.15) is 26.1 Å². The van der Waals surface area contributed by atoms with Crippen LogP contribution in [-0.2, 0) is 6.54 Å². The zero-order valence-corrected chi connectivity index (χ0v) is 14.8. The molecule has 0 radical (unpaired) electrons. The van der Waals surface area contributed by atoms with Crippen LogP contribution in [-0.4, -0.2) is 27.4 Å². The lowest BCUT2D eigenvalue weighted by atomic mass is 10.1. The summed E-state index contributed by atoms with van der Waals surface area (Å²) in [5, 5.41) is 23.3. The third-order valence-electron chi connectivity index (χ3n) is 3.78. The largest absolute Gasteiger partial charge is 0.508 e. The number of nitrogens with one attached hydrogen (secondary N) is 1. The normalized spacial score (nSPS) is 14.4. The monoisotopic (exact) mass is 376 g/mol. The van der Waals surface area contributed by atoms with Crippen LogP contribution in [0, 0.1) is 10.1 Å². The highest BCUT2D eigenvalue weighted by Crippen LogP contribution is 2.45. The van der Waals surface area contributed by atoms with Gasteiger partial charge in [-0.05, 0) is 23.8 Å². The topological polar surface area (TPSA) is 92.5 Å². The molecule has 0 saturated carbocycles. The number of rotatable bonds is 5. The smallest absolute Gasteiger partial charge is 0.270 e. The average Bonchev–Trinajstić information content (AvgIpc) is 3.15. The van der Waals surface area contributed by atoms with Crippen LogP contribution in [0.4, 0.5) is 5.69 Å². The van der Waals surface area contributed by atoms with Crippen molar-refractivity contribution in [3.8, 4) is 5.75 Å². The summed E-state index contributed by atoms with van der Waals surface area (Å²) in [4.78, 5) is 22.5. The van der Waals surface area contributed by atoms with E-state index in [0.717, 1.165) is 11.5 Å². The molecule has 1 heterocycles. The first-order valence-electron chi connectivity index (χ1n) is 7.62. The fourth-order valence-electron chi connectivity index (χ4n) is 2.45. The summed E-state index contributed by atoms with van der Waals surface area (Å²) in [6.45, 7) is 0.0163. The fraction of sp³-hybridized carbons (Fsp3) is 0.235. The number of nitrogens with zero attached hydrogens (tertiary/aromatic N) is 1. The summed E-state index contributed by atoms with van der Waals surface area (Å²) in [7, 11) is 0. The molecule has 2 aromatic rings. The molecule has 1 saturated heterocycles. The fourth-order valence-corrected chi connectivity index (χ4v) is 5.31. The highest BCUT2D eigenvalue weighted by Gasteiger charge is 2.18. The Hall–Kier alpha value is -2.19. The first-order chi connectivity index (χ1) is 12.0. The number of phenolic OH excluding ortho intramolecular Hbond substituents is 1. The van der Waals surface area contributed by atoms with E-state index in [1.807, 2.05) is 35.7 Å². The average molecular weight is 376 g/mol. The third kappa shape index (κ3) is 4.26. The molecule has 1 fully saturated rings. The number of benzene rings is 2. The Bertz CT molecular complexity index is 790. The van der Waals surface area contributed by atoms with Crippen LogP contribution in [0.3, 0.4) is 0 Å². The first-order valence-corrected chi connectivity index (χ1v) is 9.72. The van der Waals surface area contributed by atoms with Crippen LogP contribution in [0.25, 0.3) is 0 Å². The van der Waals surface area contributed by atoms with Crippen molar-refractivity contribution >= 4 is 35.1 Å². The number of nitro groups is 1. The number of carbonyl (C=O) groups is 1. The van der Waals surface area contributed by atoms with Gasteiger partial charge in [0.1, 0.15) is 5.75 Å². The minimum absolute atomic E-state index is 0.0163. The van der Waals surface area contributed by atoms with Crippen molar-refractivity contribution < 1.29 is 14.8 Å². The van der Waals surface area contributed by atoms with Crippen LogP contribution in [0.5, 0.6) is 5.75 Å². The number of phenols is 1. The Morgan fingerprint density at radius 2 is 1.88 bits per heavy atom. The number of hydrogen-bond acceptors (Lipinski definition) is 6. The second-order valence-corrected chi connectivity index (χ2v) is 8.17. The van der Waals surface area contributed by atoms with Crippen molar-refractivity contribution in [1.29, 1.82) is 0 Å². The number of aromatic hydroxyl groups is 1. The van der Waals surface area contributed by atoms with E-state index in [2.05, 4.69) is 5.32 Å². The van der Waals surface area contributed by atoms with E-state index >= 15 is 0 Å². The number of hydrogen-bond donors (Lipinski definition) is 2. The van der Waals surface area contributed by atoms with Gasteiger partial charge in [-0.3, -0.25) is 14.9 Å². The predicted octanol–water partition coefficient (Wildman–Crippen LogP) is 3.71. The summed E-state index contributed by atoms with van der Waals surface area (Å²) in [5.74, 6) is 1.91. The number of carbonyl (C=O) groups excluding carboxylic acids is 1. The molecule has 8 heteroatoms. The van der Waals surface area contributed by atoms with E-state index in [1.54, 1.807) is 12.1 Å². The lowest BCUT2D eigenvalue weighted by Gasteiger charge is -2.10. The van der Waals surface area contributed by atoms with Crippen molar-refractivity contribution in [2.45, 2.75) is 11.1 Å². The lowest BCUT2D eigenvalue weighted by molar-refractivity contribution is -0.384. The van der Waals surface area contributed by atoms with Gasteiger partial charge in [-0.15, -0.1) is 23.5 Å². The van der Waals surface area contributed by atoms with Crippen LogP contribution < -0.4 is 5.32 Å². The summed E-state index contributed by atoms with van der Waals surface area (Å²) in [6, 6.07) is 11.2. The molecule has 130 valence electrons. The number of amides is 1. The van der Waals surface area contributed by atoms with Crippen molar-refractivity contribution in [2.24, 2.45) is 0 Å². The van der Waals surface area contributed by atoms with Crippen molar-refractivity contribution in [3.05, 3.63) is 69.3 Å². The molecule has 0 bridgehead atoms. The molecular weight excluding hydrogens is 360 g/mol. The molecule has 1 aliphatic heterocycles. The molecule has 1 amide bonds. The first kappa shape index (κ1) is 17.6. The zero-order valence-electron chi connectivity index (χ0n) is 13.2. The molecule has 0 aliphatic carbocycles. The molecule has 2 aromatic carbocycles. The van der Waals surface area contributed by atoms with Crippen LogP contribution >= 0.6 is 23.5 Å². The second kappa shape index (κ2) is 7.79. The Balaban J connectivity index is 1.64. The summed E-state index contributed by atoms with van der Waals surface area (Å²) < 4.78 is 0.430. The van der Waals surface area contributed by atoms with Crippen molar-refractivity contribution in [1.82, 2.24) is 5.32 Å². The van der Waals surface area contributed by atoms with E-state index in [0.29, 0.717) is 15.7 Å². The van der Waals surface area contributed by atoms with Gasteiger partial charge >= 0.3 is 0 Å². The minimum Gasteiger partial charge on any atom is -0.508 e. The molecule has 25 heavy (non-hydrogen) atoms. The maximum absolute atomic E-state index is 12.2. The Morgan fingerprint density at radius 3 is 2.52 bits per heavy atom. The molecule has 1 aliphatic rings. The SMILES string of the molecule is O=C(NCc1cc([N+](=O)[O-])ccc1O)c1ccc(C2SCCS2)cc1. The van der Waals surface area contributed by atoms with Gasteiger partial charge in [-0.25, -0.2) is 0 Å². The highest BCUT2D eigenvalue weighted by molar-refractivity contribution is 8.19. The second-order valence-electron chi connectivity index (χ2n) is 5.45. The van der Waals surface area contributed by atoms with Gasteiger partial charge in [0, 0.05) is 41.3 Å². The highest BCUT2D eigenvalue weighted by atomic mass is 32.2. The van der Waals surface area contributed by atoms with Crippen molar-refractivity contribution in [3.63, 3.8) is 0 Å². The van der Waals surface area contributed by atoms with Gasteiger partial charge < -0.3 is 10.4 Å². The summed E-state index contributed by atoms with van der Waals surface area (Å²) >= 11 is 3.80. The van der Waals surface area contributed by atoms with E-state index in [-0.39, 0.29) is 23.9 Å². The lowest BCUT2D eigenvalue weighted by Crippen LogP contribution is -2.22. The van der Waals surface area contributed by atoms with E-state index in [4.69, 9.17) is 0 Å². The third-order valence-corrected chi connectivity index (χ3v) is 6.88. The Morgan fingerprint density at radius 1 is 1.20 bits per heavy atom. The molecule has 6 nitrogen and oxygen atoms in total. The van der Waals surface area contributed by atoms with Gasteiger partial charge in [0.15, 0.2) is 0 Å². The van der Waals surface area contributed by atoms with Crippen molar-refractivity contribution in [2.75, 3.05) is 11.5 Å². The number of non-ortho nitro benzene ring substituents is 1. The van der Waals surface area contributed by atoms with Gasteiger partial charge in [0.05, 0.1) is 9.51 Å². The van der Waals surface area contributed by atoms with Gasteiger partial charge in [-0.2, -0.15) is 0 Å². The molecule has 0 aromatic heterocycles. The zero-order chi connectivity index (χ0) is 17.8. The van der Waals surface area contributed by atoms with Crippen LogP contribution in [0.15, 0.2) is 42.5 Å². The Kier molecular flexibility index (Phi) is 5.50. The Labute approximate surface area is 153 Å². The number of nitro benzene ring substituents is 1. The van der Waals surface area contributed by atoms with E-state index in [9.17, 15) is 20.0 Å². The maximum Gasteiger partial charge on any atom is 0.270 e. The standard InChI is InChI=1S/C17H16N2O4S2/c20-15-6-5-14(19(22)23)9-13(15)10-18-16(21)11-1-3-12(4-2-11)17-24-7-8-25-17/h1-6,9,17,20H,7-8,10H2,(H,18,21). The number of thioether (sulfide) groups is 2. The van der Waals surface area contributed by atoms with E-state index < -0.39 is 4.92 Å². The molecule has 0 atom stereocenters. The maximum atomic E-state index is 12.2. The minimum atomic E-state index is -0.539. The van der Waals surface area contributed by atoms with E-state index in [1.165, 1.54) is 23.8 Å². The molecule has 0 unspecified atom stereocenters. The molecule has 2 N–H and O–H groups in total. The van der Waals surface area contributed by atoms with Gasteiger partial charge in [0.25, 0.3) is 11.6 Å². The molecular formula is C17H16N2O4S2. The predicted molar refractivity (Wildman–Crippen MR) is 100 cm³/mol. The quantitative estimate of drug-likeness (QED) is 0.610. The van der Waals surface area contributed by atoms with Gasteiger partial charge in [-0.1, -0.05) is 12.1 Å².